The number of halogens is 3. The molecule has 1 saturated carbocycles. The van der Waals surface area contributed by atoms with Crippen LogP contribution in [0.5, 0.6) is 11.8 Å². The number of benzene rings is 2. The number of hydrogen-bond acceptors (Lipinski definition) is 10. The van der Waals surface area contributed by atoms with Gasteiger partial charge in [-0.15, -0.1) is 0 Å². The fourth-order valence-electron chi connectivity index (χ4n) is 8.01. The molecule has 4 saturated heterocycles. The lowest BCUT2D eigenvalue weighted by atomic mass is 9.94. The van der Waals surface area contributed by atoms with E-state index in [-0.39, 0.29) is 52.5 Å². The molecular formula is C33H36Cl2FN5O5. The van der Waals surface area contributed by atoms with Gasteiger partial charge in [-0.25, -0.2) is 4.39 Å². The normalized spacial score (nSPS) is 26.5. The Labute approximate surface area is 276 Å². The highest BCUT2D eigenvalue weighted by atomic mass is 35.5. The minimum atomic E-state index is -0.621. The number of phenolic OH excluding ortho intramolecular Hbond substituents is 1. The van der Waals surface area contributed by atoms with Gasteiger partial charge in [0.2, 0.25) is 0 Å². The van der Waals surface area contributed by atoms with E-state index in [1.165, 1.54) is 12.1 Å². The van der Waals surface area contributed by atoms with Crippen molar-refractivity contribution in [3.63, 3.8) is 0 Å². The van der Waals surface area contributed by atoms with Gasteiger partial charge in [0.1, 0.15) is 17.1 Å². The number of rotatable bonds is 10. The van der Waals surface area contributed by atoms with Gasteiger partial charge < -0.3 is 29.5 Å². The van der Waals surface area contributed by atoms with Crippen molar-refractivity contribution in [3.05, 3.63) is 39.6 Å². The molecule has 5 aliphatic rings. The van der Waals surface area contributed by atoms with Crippen LogP contribution in [0.3, 0.4) is 0 Å². The van der Waals surface area contributed by atoms with Crippen LogP contribution in [0.25, 0.3) is 22.0 Å². The minimum absolute atomic E-state index is 0.0340. The number of aromatic nitrogens is 2. The zero-order valence-electron chi connectivity index (χ0n) is 25.3. The lowest BCUT2D eigenvalue weighted by Gasteiger charge is -2.39. The SMILES string of the molecule is O=COC(CCOc1nc(N2CC3CCC(C2)N3)c2cc(Cl)c(-c3cc(O)cc(Cl)c3C3CC3)c(F)c2n1)N1C2CCC1COC2. The van der Waals surface area contributed by atoms with Crippen molar-refractivity contribution in [1.29, 1.82) is 0 Å². The molecule has 5 unspecified atom stereocenters. The molecule has 0 spiro atoms. The van der Waals surface area contributed by atoms with E-state index in [1.807, 2.05) is 0 Å². The zero-order valence-corrected chi connectivity index (χ0v) is 26.8. The van der Waals surface area contributed by atoms with Gasteiger partial charge in [0.15, 0.2) is 12.0 Å². The molecule has 8 rings (SSSR count). The lowest BCUT2D eigenvalue weighted by molar-refractivity contribution is -0.158. The fourth-order valence-corrected chi connectivity index (χ4v) is 8.67. The number of ether oxygens (including phenoxy) is 3. The predicted octanol–water partition coefficient (Wildman–Crippen LogP) is 5.40. The standard InChI is InChI=1S/C33H36Cl2FN5O5/c34-25-10-22(43)9-23(28(25)17-1-2-17)29-26(35)11-24-31(30(29)36)38-33(39-32(24)40-12-18-3-4-19(13-40)37-18)45-8-7-27(46-16-42)41-20-5-6-21(41)15-44-14-20/h9-11,16-21,27,37,43H,1-8,12-15H2. The summed E-state index contributed by atoms with van der Waals surface area (Å²) in [5, 5.41) is 15.2. The second-order valence-electron chi connectivity index (χ2n) is 13.2. The van der Waals surface area contributed by atoms with Crippen molar-refractivity contribution in [2.45, 2.75) is 81.3 Å². The van der Waals surface area contributed by atoms with Gasteiger partial charge >= 0.3 is 6.01 Å². The van der Waals surface area contributed by atoms with Crippen molar-refractivity contribution >= 4 is 46.4 Å². The van der Waals surface area contributed by atoms with E-state index in [9.17, 15) is 9.90 Å². The summed E-state index contributed by atoms with van der Waals surface area (Å²) < 4.78 is 34.2. The first-order chi connectivity index (χ1) is 22.4. The summed E-state index contributed by atoms with van der Waals surface area (Å²) in [6.07, 6.45) is 5.90. The predicted molar refractivity (Wildman–Crippen MR) is 171 cm³/mol. The molecule has 0 amide bonds. The van der Waals surface area contributed by atoms with Crippen LogP contribution in [-0.4, -0.2) is 89.8 Å². The number of carbonyl (C=O) groups excluding carboxylic acids is 1. The van der Waals surface area contributed by atoms with E-state index in [2.05, 4.69) is 20.1 Å². The molecule has 4 aliphatic heterocycles. The van der Waals surface area contributed by atoms with E-state index >= 15 is 4.39 Å². The molecule has 46 heavy (non-hydrogen) atoms. The summed E-state index contributed by atoms with van der Waals surface area (Å²) in [4.78, 5) is 25.2. The van der Waals surface area contributed by atoms with Crippen LogP contribution in [0.2, 0.25) is 10.0 Å². The van der Waals surface area contributed by atoms with Crippen LogP contribution in [0.1, 0.15) is 56.4 Å². The molecule has 1 aliphatic carbocycles. The maximum absolute atomic E-state index is 16.9. The molecule has 10 nitrogen and oxygen atoms in total. The number of morpholine rings is 1. The van der Waals surface area contributed by atoms with Crippen LogP contribution >= 0.6 is 23.2 Å². The van der Waals surface area contributed by atoms with Crippen molar-refractivity contribution in [2.75, 3.05) is 37.8 Å². The number of nitrogens with zero attached hydrogens (tertiary/aromatic N) is 4. The first-order valence-corrected chi connectivity index (χ1v) is 16.9. The number of aromatic hydroxyl groups is 1. The van der Waals surface area contributed by atoms with Crippen molar-refractivity contribution in [1.82, 2.24) is 20.2 Å². The molecule has 2 aromatic carbocycles. The minimum Gasteiger partial charge on any atom is -0.508 e. The van der Waals surface area contributed by atoms with E-state index in [0.717, 1.165) is 44.1 Å². The molecule has 1 aromatic heterocycles. The van der Waals surface area contributed by atoms with Gasteiger partial charge in [-0.1, -0.05) is 23.2 Å². The van der Waals surface area contributed by atoms with Gasteiger partial charge in [0, 0.05) is 59.7 Å². The number of phenols is 1. The maximum atomic E-state index is 16.9. The Bertz CT molecular complexity index is 1650. The summed E-state index contributed by atoms with van der Waals surface area (Å²) in [5.41, 5.74) is 1.47. The average molecular weight is 673 g/mol. The zero-order chi connectivity index (χ0) is 31.5. The number of fused-ring (bicyclic) bond motifs is 5. The van der Waals surface area contributed by atoms with Crippen LogP contribution in [0.15, 0.2) is 18.2 Å². The molecular weight excluding hydrogens is 636 g/mol. The molecule has 4 bridgehead atoms. The lowest BCUT2D eigenvalue weighted by Crippen LogP contribution is -2.52. The van der Waals surface area contributed by atoms with Gasteiger partial charge in [0.05, 0.1) is 24.8 Å². The Balaban J connectivity index is 1.17. The largest absolute Gasteiger partial charge is 0.508 e. The molecule has 244 valence electrons. The molecule has 5 heterocycles. The number of carbonyl (C=O) groups is 1. The fraction of sp³-hybridized carbons (Fsp3) is 0.545. The van der Waals surface area contributed by atoms with E-state index in [1.54, 1.807) is 6.07 Å². The second kappa shape index (κ2) is 12.2. The summed E-state index contributed by atoms with van der Waals surface area (Å²) in [6, 6.07) is 5.77. The first-order valence-electron chi connectivity index (χ1n) is 16.2. The number of hydrogen-bond donors (Lipinski definition) is 2. The maximum Gasteiger partial charge on any atom is 0.319 e. The highest BCUT2D eigenvalue weighted by Gasteiger charge is 2.42. The number of anilines is 1. The smallest absolute Gasteiger partial charge is 0.319 e. The van der Waals surface area contributed by atoms with Gasteiger partial charge in [0.25, 0.3) is 6.47 Å². The molecule has 2 N–H and O–H groups in total. The van der Waals surface area contributed by atoms with E-state index in [0.29, 0.717) is 73.1 Å². The third-order valence-corrected chi connectivity index (χ3v) is 10.8. The highest BCUT2D eigenvalue weighted by Crippen LogP contribution is 2.51. The third kappa shape index (κ3) is 5.53. The monoisotopic (exact) mass is 671 g/mol. The molecule has 0 radical (unpaired) electrons. The Hall–Kier alpha value is -2.96. The first kappa shape index (κ1) is 30.4. The number of piperazine rings is 1. The highest BCUT2D eigenvalue weighted by molar-refractivity contribution is 6.35. The van der Waals surface area contributed by atoms with Crippen LogP contribution in [0.4, 0.5) is 10.2 Å². The van der Waals surface area contributed by atoms with Crippen molar-refractivity contribution in [2.24, 2.45) is 0 Å². The Morgan fingerprint density at radius 3 is 2.48 bits per heavy atom. The van der Waals surface area contributed by atoms with Crippen LogP contribution in [0, 0.1) is 5.82 Å². The second-order valence-corrected chi connectivity index (χ2v) is 14.0. The Morgan fingerprint density at radius 1 is 1.04 bits per heavy atom. The van der Waals surface area contributed by atoms with Gasteiger partial charge in [-0.2, -0.15) is 9.97 Å². The van der Waals surface area contributed by atoms with E-state index in [4.69, 9.17) is 42.4 Å². The van der Waals surface area contributed by atoms with Crippen molar-refractivity contribution in [3.8, 4) is 22.9 Å². The summed E-state index contributed by atoms with van der Waals surface area (Å²) in [6.45, 7) is 3.28. The summed E-state index contributed by atoms with van der Waals surface area (Å²) >= 11 is 13.5. The van der Waals surface area contributed by atoms with Crippen LogP contribution < -0.4 is 15.0 Å². The molecule has 3 aromatic rings. The Kier molecular flexibility index (Phi) is 8.09. The number of nitrogens with one attached hydrogen (secondary N) is 1. The topological polar surface area (TPSA) is 109 Å². The summed E-state index contributed by atoms with van der Waals surface area (Å²) in [7, 11) is 0. The average Bonchev–Trinajstić information content (AvgIpc) is 3.76. The third-order valence-electron chi connectivity index (χ3n) is 10.2. The summed E-state index contributed by atoms with van der Waals surface area (Å²) in [5.74, 6) is 0.0527. The molecule has 5 fully saturated rings. The molecule has 13 heteroatoms. The quantitative estimate of drug-likeness (QED) is 0.272. The van der Waals surface area contributed by atoms with Crippen LogP contribution in [-0.2, 0) is 14.3 Å². The molecule has 5 atom stereocenters. The van der Waals surface area contributed by atoms with E-state index < -0.39 is 12.0 Å². The van der Waals surface area contributed by atoms with Gasteiger partial charge in [-0.3, -0.25) is 9.69 Å². The Morgan fingerprint density at radius 2 is 1.78 bits per heavy atom. The van der Waals surface area contributed by atoms with Gasteiger partial charge in [-0.05, 0) is 73.8 Å². The van der Waals surface area contributed by atoms with Crippen molar-refractivity contribution < 1.29 is 28.5 Å².